The Morgan fingerprint density at radius 3 is 2.67 bits per heavy atom. The molecule has 18 heavy (non-hydrogen) atoms. The number of halogens is 4. The zero-order chi connectivity index (χ0) is 13.1. The average Bonchev–Trinajstić information content (AvgIpc) is 2.34. The molecule has 94 valence electrons. The highest BCUT2D eigenvalue weighted by molar-refractivity contribution is 9.10. The molecule has 2 aromatic rings. The van der Waals surface area contributed by atoms with Crippen molar-refractivity contribution < 1.29 is 4.39 Å². The molecule has 5 heteroatoms. The highest BCUT2D eigenvalue weighted by Crippen LogP contribution is 2.26. The molecule has 0 bridgehead atoms. The SMILES string of the molecule is Fc1ccc(Cl)cc1CNc1cc(Br)ccc1Cl. The second-order valence-corrected chi connectivity index (χ2v) is 5.47. The smallest absolute Gasteiger partial charge is 0.128 e. The van der Waals surface area contributed by atoms with Crippen LogP contribution in [0.2, 0.25) is 10.0 Å². The van der Waals surface area contributed by atoms with Gasteiger partial charge in [0.25, 0.3) is 0 Å². The monoisotopic (exact) mass is 347 g/mol. The molecule has 0 saturated carbocycles. The first-order chi connectivity index (χ1) is 8.56. The number of anilines is 1. The molecular weight excluding hydrogens is 340 g/mol. The van der Waals surface area contributed by atoms with Gasteiger partial charge >= 0.3 is 0 Å². The van der Waals surface area contributed by atoms with Crippen molar-refractivity contribution in [3.05, 3.63) is 62.3 Å². The summed E-state index contributed by atoms with van der Waals surface area (Å²) in [4.78, 5) is 0. The third-order valence-electron chi connectivity index (χ3n) is 2.41. The van der Waals surface area contributed by atoms with Crippen LogP contribution in [0, 0.1) is 5.82 Å². The van der Waals surface area contributed by atoms with Gasteiger partial charge in [-0.1, -0.05) is 39.1 Å². The van der Waals surface area contributed by atoms with Crippen molar-refractivity contribution in [2.24, 2.45) is 0 Å². The van der Waals surface area contributed by atoms with E-state index in [9.17, 15) is 4.39 Å². The summed E-state index contributed by atoms with van der Waals surface area (Å²) in [5.74, 6) is -0.294. The molecule has 0 aliphatic rings. The van der Waals surface area contributed by atoms with E-state index in [4.69, 9.17) is 23.2 Å². The van der Waals surface area contributed by atoms with Gasteiger partial charge in [0.1, 0.15) is 5.82 Å². The fraction of sp³-hybridized carbons (Fsp3) is 0.0769. The van der Waals surface area contributed by atoms with Crippen LogP contribution < -0.4 is 5.32 Å². The molecule has 0 aliphatic carbocycles. The summed E-state index contributed by atoms with van der Waals surface area (Å²) < 4.78 is 14.4. The predicted octanol–water partition coefficient (Wildman–Crippen LogP) is 5.51. The number of nitrogens with one attached hydrogen (secondary N) is 1. The lowest BCUT2D eigenvalue weighted by molar-refractivity contribution is 0.613. The molecule has 1 nitrogen and oxygen atoms in total. The van der Waals surface area contributed by atoms with Gasteiger partial charge in [-0.15, -0.1) is 0 Å². The number of benzene rings is 2. The van der Waals surface area contributed by atoms with Crippen molar-refractivity contribution in [2.75, 3.05) is 5.32 Å². The third-order valence-corrected chi connectivity index (χ3v) is 3.46. The maximum absolute atomic E-state index is 13.5. The molecule has 0 radical (unpaired) electrons. The van der Waals surface area contributed by atoms with Gasteiger partial charge in [0.05, 0.1) is 10.7 Å². The van der Waals surface area contributed by atoms with E-state index in [1.807, 2.05) is 12.1 Å². The van der Waals surface area contributed by atoms with Crippen molar-refractivity contribution in [2.45, 2.75) is 6.54 Å². The Morgan fingerprint density at radius 1 is 1.11 bits per heavy atom. The molecule has 0 atom stereocenters. The van der Waals surface area contributed by atoms with Gasteiger partial charge in [0.15, 0.2) is 0 Å². The second kappa shape index (κ2) is 5.91. The van der Waals surface area contributed by atoms with Gasteiger partial charge in [-0.3, -0.25) is 0 Å². The summed E-state index contributed by atoms with van der Waals surface area (Å²) in [6.45, 7) is 0.322. The van der Waals surface area contributed by atoms with Crippen LogP contribution in [-0.4, -0.2) is 0 Å². The highest BCUT2D eigenvalue weighted by atomic mass is 79.9. The van der Waals surface area contributed by atoms with E-state index < -0.39 is 0 Å². The molecule has 1 N–H and O–H groups in total. The molecule has 0 heterocycles. The van der Waals surface area contributed by atoms with Crippen molar-refractivity contribution in [1.29, 1.82) is 0 Å². The zero-order valence-corrected chi connectivity index (χ0v) is 12.3. The average molecular weight is 349 g/mol. The summed E-state index contributed by atoms with van der Waals surface area (Å²) in [5.41, 5.74) is 1.24. The minimum Gasteiger partial charge on any atom is -0.380 e. The van der Waals surface area contributed by atoms with E-state index in [2.05, 4.69) is 21.2 Å². The minimum absolute atomic E-state index is 0.294. The first kappa shape index (κ1) is 13.7. The summed E-state index contributed by atoms with van der Waals surface area (Å²) in [7, 11) is 0. The molecule has 0 saturated heterocycles. The fourth-order valence-electron chi connectivity index (χ4n) is 1.50. The molecule has 2 aromatic carbocycles. The van der Waals surface area contributed by atoms with Crippen LogP contribution >= 0.6 is 39.1 Å². The summed E-state index contributed by atoms with van der Waals surface area (Å²) in [6.07, 6.45) is 0. The highest BCUT2D eigenvalue weighted by Gasteiger charge is 2.05. The summed E-state index contributed by atoms with van der Waals surface area (Å²) in [6, 6.07) is 9.91. The lowest BCUT2D eigenvalue weighted by Crippen LogP contribution is -2.02. The molecule has 0 amide bonds. The van der Waals surface area contributed by atoms with Gasteiger partial charge in [-0.05, 0) is 36.4 Å². The Balaban J connectivity index is 2.16. The Hall–Kier alpha value is -0.770. The van der Waals surface area contributed by atoms with Crippen LogP contribution in [0.1, 0.15) is 5.56 Å². The Labute approximate surface area is 123 Å². The lowest BCUT2D eigenvalue weighted by atomic mass is 10.2. The molecule has 0 aliphatic heterocycles. The van der Waals surface area contributed by atoms with E-state index >= 15 is 0 Å². The summed E-state index contributed by atoms with van der Waals surface area (Å²) in [5, 5.41) is 4.17. The predicted molar refractivity (Wildman–Crippen MR) is 77.9 cm³/mol. The Kier molecular flexibility index (Phi) is 4.49. The number of hydrogen-bond acceptors (Lipinski definition) is 1. The van der Waals surface area contributed by atoms with Crippen LogP contribution in [0.3, 0.4) is 0 Å². The summed E-state index contributed by atoms with van der Waals surface area (Å²) >= 11 is 15.2. The molecular formula is C13H9BrCl2FN. The second-order valence-electron chi connectivity index (χ2n) is 3.71. The van der Waals surface area contributed by atoms with Gasteiger partial charge in [0.2, 0.25) is 0 Å². The normalized spacial score (nSPS) is 10.4. The topological polar surface area (TPSA) is 12.0 Å². The van der Waals surface area contributed by atoms with Gasteiger partial charge in [-0.2, -0.15) is 0 Å². The largest absolute Gasteiger partial charge is 0.380 e. The van der Waals surface area contributed by atoms with Crippen molar-refractivity contribution in [1.82, 2.24) is 0 Å². The maximum Gasteiger partial charge on any atom is 0.128 e. The van der Waals surface area contributed by atoms with Crippen LogP contribution in [0.4, 0.5) is 10.1 Å². The standard InChI is InChI=1S/C13H9BrCl2FN/c14-9-1-3-11(16)13(6-9)18-7-8-5-10(15)2-4-12(8)17/h1-6,18H,7H2. The van der Waals surface area contributed by atoms with Crippen LogP contribution in [0.25, 0.3) is 0 Å². The van der Waals surface area contributed by atoms with Crippen LogP contribution in [0.5, 0.6) is 0 Å². The van der Waals surface area contributed by atoms with Gasteiger partial charge in [-0.25, -0.2) is 4.39 Å². The van der Waals surface area contributed by atoms with Gasteiger partial charge in [0, 0.05) is 21.6 Å². The first-order valence-electron chi connectivity index (χ1n) is 5.19. The maximum atomic E-state index is 13.5. The Bertz CT molecular complexity index is 523. The van der Waals surface area contributed by atoms with Crippen molar-refractivity contribution in [3.63, 3.8) is 0 Å². The minimum atomic E-state index is -0.294. The van der Waals surface area contributed by atoms with E-state index in [1.165, 1.54) is 12.1 Å². The molecule has 0 aromatic heterocycles. The van der Waals surface area contributed by atoms with E-state index in [0.29, 0.717) is 22.2 Å². The first-order valence-corrected chi connectivity index (χ1v) is 6.74. The van der Waals surface area contributed by atoms with Gasteiger partial charge < -0.3 is 5.32 Å². The van der Waals surface area contributed by atoms with Crippen LogP contribution in [-0.2, 0) is 6.54 Å². The third kappa shape index (κ3) is 3.37. The van der Waals surface area contributed by atoms with E-state index in [1.54, 1.807) is 12.1 Å². The van der Waals surface area contributed by atoms with Crippen LogP contribution in [0.15, 0.2) is 40.9 Å². The van der Waals surface area contributed by atoms with Crippen molar-refractivity contribution >= 4 is 44.8 Å². The van der Waals surface area contributed by atoms with E-state index in [-0.39, 0.29) is 5.82 Å². The Morgan fingerprint density at radius 2 is 1.89 bits per heavy atom. The quantitative estimate of drug-likeness (QED) is 0.771. The molecule has 0 fully saturated rings. The van der Waals surface area contributed by atoms with Crippen molar-refractivity contribution in [3.8, 4) is 0 Å². The molecule has 2 rings (SSSR count). The zero-order valence-electron chi connectivity index (χ0n) is 9.18. The molecule has 0 unspecified atom stereocenters. The fourth-order valence-corrected chi connectivity index (χ4v) is 2.24. The van der Waals surface area contributed by atoms with E-state index in [0.717, 1.165) is 10.2 Å². The number of rotatable bonds is 3. The lowest BCUT2D eigenvalue weighted by Gasteiger charge is -2.10. The number of hydrogen-bond donors (Lipinski definition) is 1. The molecule has 0 spiro atoms.